The molecular formula is C14H25N3O4. The van der Waals surface area contributed by atoms with E-state index in [2.05, 4.69) is 10.6 Å². The first-order valence-corrected chi connectivity index (χ1v) is 7.06. The zero-order valence-electron chi connectivity index (χ0n) is 13.1. The number of unbranched alkanes of at least 4 members (excludes halogenated alkanes) is 1. The predicted octanol–water partition coefficient (Wildman–Crippen LogP) is -0.329. The molecule has 0 heterocycles. The van der Waals surface area contributed by atoms with Gasteiger partial charge in [-0.3, -0.25) is 19.2 Å². The van der Waals surface area contributed by atoms with Crippen molar-refractivity contribution in [2.75, 3.05) is 0 Å². The monoisotopic (exact) mass is 299 g/mol. The highest BCUT2D eigenvalue weighted by atomic mass is 16.2. The van der Waals surface area contributed by atoms with Crippen molar-refractivity contribution < 1.29 is 19.2 Å². The number of hydrogen-bond donors (Lipinski definition) is 3. The van der Waals surface area contributed by atoms with Crippen LogP contribution in [0.25, 0.3) is 0 Å². The topological polar surface area (TPSA) is 118 Å². The van der Waals surface area contributed by atoms with Gasteiger partial charge in [-0.1, -0.05) is 13.3 Å². The van der Waals surface area contributed by atoms with Gasteiger partial charge in [-0.15, -0.1) is 0 Å². The minimum Gasteiger partial charge on any atom is -0.345 e. The molecule has 3 atom stereocenters. The molecule has 0 spiro atoms. The van der Waals surface area contributed by atoms with Gasteiger partial charge in [0.15, 0.2) is 11.6 Å². The van der Waals surface area contributed by atoms with E-state index in [0.717, 1.165) is 6.42 Å². The van der Waals surface area contributed by atoms with E-state index in [1.807, 2.05) is 6.92 Å². The molecule has 0 bridgehead atoms. The van der Waals surface area contributed by atoms with Gasteiger partial charge in [0, 0.05) is 6.42 Å². The SMILES string of the molecule is CCCCC(=O)NC(C(C)=O)C(N)C(=O)NC(C)C(C)=O. The van der Waals surface area contributed by atoms with Crippen LogP contribution in [0.3, 0.4) is 0 Å². The van der Waals surface area contributed by atoms with Gasteiger partial charge < -0.3 is 16.4 Å². The number of hydrogen-bond acceptors (Lipinski definition) is 5. The van der Waals surface area contributed by atoms with Gasteiger partial charge in [-0.2, -0.15) is 0 Å². The third-order valence-electron chi connectivity index (χ3n) is 3.14. The van der Waals surface area contributed by atoms with Crippen molar-refractivity contribution in [2.45, 2.75) is 65.1 Å². The Morgan fingerprint density at radius 3 is 2.05 bits per heavy atom. The van der Waals surface area contributed by atoms with Crippen LogP contribution in [0.5, 0.6) is 0 Å². The summed E-state index contributed by atoms with van der Waals surface area (Å²) in [6, 6.07) is -3.00. The molecule has 21 heavy (non-hydrogen) atoms. The second kappa shape index (κ2) is 9.23. The molecule has 0 saturated heterocycles. The molecule has 0 fully saturated rings. The molecule has 7 nitrogen and oxygen atoms in total. The van der Waals surface area contributed by atoms with E-state index in [1.54, 1.807) is 0 Å². The van der Waals surface area contributed by atoms with Gasteiger partial charge >= 0.3 is 0 Å². The first-order valence-electron chi connectivity index (χ1n) is 7.06. The second-order valence-corrected chi connectivity index (χ2v) is 5.13. The largest absolute Gasteiger partial charge is 0.345 e. The van der Waals surface area contributed by atoms with Crippen LogP contribution in [0.1, 0.15) is 47.0 Å². The number of rotatable bonds is 9. The Labute approximate surface area is 125 Å². The number of nitrogens with one attached hydrogen (secondary N) is 2. The van der Waals surface area contributed by atoms with Crippen LogP contribution in [0.2, 0.25) is 0 Å². The lowest BCUT2D eigenvalue weighted by Gasteiger charge is -2.23. The van der Waals surface area contributed by atoms with E-state index in [1.165, 1.54) is 20.8 Å². The zero-order chi connectivity index (χ0) is 16.6. The predicted molar refractivity (Wildman–Crippen MR) is 78.4 cm³/mol. The normalized spacial score (nSPS) is 14.7. The fraction of sp³-hybridized carbons (Fsp3) is 0.714. The van der Waals surface area contributed by atoms with Crippen LogP contribution in [0.15, 0.2) is 0 Å². The van der Waals surface area contributed by atoms with Gasteiger partial charge in [0.05, 0.1) is 6.04 Å². The van der Waals surface area contributed by atoms with Crippen LogP contribution >= 0.6 is 0 Å². The van der Waals surface area contributed by atoms with Crippen LogP contribution in [-0.2, 0) is 19.2 Å². The quantitative estimate of drug-likeness (QED) is 0.539. The van der Waals surface area contributed by atoms with Crippen LogP contribution in [-0.4, -0.2) is 41.5 Å². The Hall–Kier alpha value is -1.76. The molecule has 0 rings (SSSR count). The highest BCUT2D eigenvalue weighted by Gasteiger charge is 2.30. The van der Waals surface area contributed by atoms with Gasteiger partial charge in [-0.05, 0) is 27.2 Å². The zero-order valence-corrected chi connectivity index (χ0v) is 13.1. The lowest BCUT2D eigenvalue weighted by Crippen LogP contribution is -2.59. The van der Waals surface area contributed by atoms with Crippen molar-refractivity contribution in [3.8, 4) is 0 Å². The minimum absolute atomic E-state index is 0.220. The molecule has 4 N–H and O–H groups in total. The lowest BCUT2D eigenvalue weighted by atomic mass is 10.0. The summed E-state index contributed by atoms with van der Waals surface area (Å²) in [5.74, 6) is -1.59. The van der Waals surface area contributed by atoms with E-state index in [-0.39, 0.29) is 18.1 Å². The van der Waals surface area contributed by atoms with E-state index in [0.29, 0.717) is 6.42 Å². The standard InChI is InChI=1S/C14H25N3O4/c1-5-6-7-11(20)17-13(10(4)19)12(15)14(21)16-8(2)9(3)18/h8,12-13H,5-7,15H2,1-4H3,(H,16,21)(H,17,20). The number of carbonyl (C=O) groups is 4. The summed E-state index contributed by atoms with van der Waals surface area (Å²) >= 11 is 0. The van der Waals surface area contributed by atoms with Crippen molar-refractivity contribution in [3.63, 3.8) is 0 Å². The molecule has 0 aromatic carbocycles. The average Bonchev–Trinajstić information content (AvgIpc) is 2.40. The summed E-state index contributed by atoms with van der Waals surface area (Å²) < 4.78 is 0. The van der Waals surface area contributed by atoms with E-state index in [9.17, 15) is 19.2 Å². The number of nitrogens with two attached hydrogens (primary N) is 1. The summed E-state index contributed by atoms with van der Waals surface area (Å²) in [5.41, 5.74) is 5.73. The number of ketones is 2. The van der Waals surface area contributed by atoms with Gasteiger partial charge in [0.25, 0.3) is 0 Å². The Kier molecular flexibility index (Phi) is 8.45. The smallest absolute Gasteiger partial charge is 0.240 e. The fourth-order valence-electron chi connectivity index (χ4n) is 1.59. The summed E-state index contributed by atoms with van der Waals surface area (Å²) in [7, 11) is 0. The fourth-order valence-corrected chi connectivity index (χ4v) is 1.59. The van der Waals surface area contributed by atoms with Gasteiger partial charge in [-0.25, -0.2) is 0 Å². The highest BCUT2D eigenvalue weighted by Crippen LogP contribution is 1.99. The van der Waals surface area contributed by atoms with E-state index in [4.69, 9.17) is 5.73 Å². The van der Waals surface area contributed by atoms with Crippen molar-refractivity contribution >= 4 is 23.4 Å². The van der Waals surface area contributed by atoms with Gasteiger partial charge in [0.2, 0.25) is 11.8 Å². The maximum Gasteiger partial charge on any atom is 0.240 e. The molecule has 0 radical (unpaired) electrons. The number of Topliss-reactive ketones (excluding diaryl/α,β-unsaturated/α-hetero) is 2. The molecule has 2 amide bonds. The summed E-state index contributed by atoms with van der Waals surface area (Å²) in [6.07, 6.45) is 1.82. The Bertz CT molecular complexity index is 409. The summed E-state index contributed by atoms with van der Waals surface area (Å²) in [4.78, 5) is 46.3. The number of amides is 2. The summed E-state index contributed by atoms with van der Waals surface area (Å²) in [6.45, 7) is 6.06. The van der Waals surface area contributed by atoms with Gasteiger partial charge in [0.1, 0.15) is 12.1 Å². The molecule has 120 valence electrons. The molecular weight excluding hydrogens is 274 g/mol. The first kappa shape index (κ1) is 19.2. The third-order valence-corrected chi connectivity index (χ3v) is 3.14. The van der Waals surface area contributed by atoms with Crippen LogP contribution in [0, 0.1) is 0 Å². The molecule has 0 aromatic rings. The molecule has 0 aliphatic carbocycles. The Morgan fingerprint density at radius 1 is 1.05 bits per heavy atom. The first-order chi connectivity index (χ1) is 9.70. The molecule has 0 aliphatic rings. The molecule has 0 aliphatic heterocycles. The molecule has 0 saturated carbocycles. The maximum absolute atomic E-state index is 11.9. The van der Waals surface area contributed by atoms with E-state index < -0.39 is 29.8 Å². The molecule has 3 unspecified atom stereocenters. The minimum atomic E-state index is -1.23. The third kappa shape index (κ3) is 6.99. The molecule has 7 heteroatoms. The lowest BCUT2D eigenvalue weighted by molar-refractivity contribution is -0.132. The van der Waals surface area contributed by atoms with Crippen molar-refractivity contribution in [1.82, 2.24) is 10.6 Å². The Morgan fingerprint density at radius 2 is 1.62 bits per heavy atom. The van der Waals surface area contributed by atoms with Crippen molar-refractivity contribution in [3.05, 3.63) is 0 Å². The number of carbonyl (C=O) groups excluding carboxylic acids is 4. The maximum atomic E-state index is 11.9. The van der Waals surface area contributed by atoms with Crippen molar-refractivity contribution in [2.24, 2.45) is 5.73 Å². The van der Waals surface area contributed by atoms with Crippen LogP contribution < -0.4 is 16.4 Å². The Balaban J connectivity index is 4.72. The average molecular weight is 299 g/mol. The van der Waals surface area contributed by atoms with Crippen molar-refractivity contribution in [1.29, 1.82) is 0 Å². The van der Waals surface area contributed by atoms with E-state index >= 15 is 0 Å². The second-order valence-electron chi connectivity index (χ2n) is 5.13. The highest BCUT2D eigenvalue weighted by molar-refractivity contribution is 5.96. The summed E-state index contributed by atoms with van der Waals surface area (Å²) in [5, 5.41) is 4.89. The molecule has 0 aromatic heterocycles. The van der Waals surface area contributed by atoms with Crippen LogP contribution in [0.4, 0.5) is 0 Å².